The van der Waals surface area contributed by atoms with Gasteiger partial charge in [0.2, 0.25) is 0 Å². The summed E-state index contributed by atoms with van der Waals surface area (Å²) in [5.74, 6) is -1.74. The first-order valence-corrected chi connectivity index (χ1v) is 6.47. The van der Waals surface area contributed by atoms with E-state index in [4.69, 9.17) is 0 Å². The third kappa shape index (κ3) is 5.20. The van der Waals surface area contributed by atoms with E-state index in [-0.39, 0.29) is 11.4 Å². The van der Waals surface area contributed by atoms with Gasteiger partial charge in [-0.2, -0.15) is 13.2 Å². The molecule has 1 aromatic rings. The molecular formula is C13H17F4N3O. The van der Waals surface area contributed by atoms with Crippen molar-refractivity contribution in [1.82, 2.24) is 9.88 Å². The fourth-order valence-corrected chi connectivity index (χ4v) is 1.58. The number of rotatable bonds is 6. The molecule has 21 heavy (non-hydrogen) atoms. The minimum absolute atomic E-state index is 0.0769. The number of alkyl halides is 3. The summed E-state index contributed by atoms with van der Waals surface area (Å²) < 4.78 is 50.5. The Kier molecular flexibility index (Phi) is 5.92. The Morgan fingerprint density at radius 3 is 2.67 bits per heavy atom. The zero-order chi connectivity index (χ0) is 16.0. The van der Waals surface area contributed by atoms with Crippen LogP contribution in [0, 0.1) is 5.82 Å². The van der Waals surface area contributed by atoms with E-state index >= 15 is 0 Å². The lowest BCUT2D eigenvalue weighted by Gasteiger charge is -2.19. The van der Waals surface area contributed by atoms with Crippen LogP contribution in [0.3, 0.4) is 0 Å². The Hall–Kier alpha value is -1.86. The molecule has 4 nitrogen and oxygen atoms in total. The summed E-state index contributed by atoms with van der Waals surface area (Å²) in [4.78, 5) is 16.6. The number of hydrogen-bond acceptors (Lipinski definition) is 3. The highest BCUT2D eigenvalue weighted by Gasteiger charge is 2.29. The van der Waals surface area contributed by atoms with Gasteiger partial charge in [0.15, 0.2) is 11.6 Å². The number of hydrogen-bond donors (Lipinski definition) is 1. The third-order valence-corrected chi connectivity index (χ3v) is 2.74. The molecule has 0 fully saturated rings. The van der Waals surface area contributed by atoms with Crippen molar-refractivity contribution in [2.24, 2.45) is 0 Å². The molecule has 1 heterocycles. The van der Waals surface area contributed by atoms with Crippen molar-refractivity contribution in [1.29, 1.82) is 0 Å². The summed E-state index contributed by atoms with van der Waals surface area (Å²) in [5, 5.41) is 2.72. The third-order valence-electron chi connectivity index (χ3n) is 2.74. The van der Waals surface area contributed by atoms with Crippen LogP contribution in [-0.4, -0.2) is 42.1 Å². The molecule has 0 aliphatic rings. The number of nitrogens with zero attached hydrogens (tertiary/aromatic N) is 2. The van der Waals surface area contributed by atoms with Gasteiger partial charge in [0.05, 0.1) is 12.0 Å². The van der Waals surface area contributed by atoms with E-state index in [0.29, 0.717) is 6.54 Å². The molecule has 0 aliphatic carbocycles. The number of aromatic nitrogens is 1. The summed E-state index contributed by atoms with van der Waals surface area (Å²) >= 11 is 0. The van der Waals surface area contributed by atoms with E-state index < -0.39 is 30.9 Å². The summed E-state index contributed by atoms with van der Waals surface area (Å²) in [6, 6.07) is 1.15. The normalized spacial score (nSPS) is 11.3. The number of halogens is 4. The van der Waals surface area contributed by atoms with Gasteiger partial charge >= 0.3 is 6.18 Å². The van der Waals surface area contributed by atoms with E-state index in [1.807, 2.05) is 6.92 Å². The lowest BCUT2D eigenvalue weighted by Crippen LogP contribution is -2.31. The largest absolute Gasteiger partial charge is 0.390 e. The van der Waals surface area contributed by atoms with E-state index in [1.54, 1.807) is 0 Å². The van der Waals surface area contributed by atoms with E-state index in [0.717, 1.165) is 17.4 Å². The smallest absolute Gasteiger partial charge is 0.368 e. The average Bonchev–Trinajstić information content (AvgIpc) is 2.42. The highest BCUT2D eigenvalue weighted by Crippen LogP contribution is 2.21. The van der Waals surface area contributed by atoms with E-state index in [9.17, 15) is 22.4 Å². The molecule has 1 aromatic heterocycles. The van der Waals surface area contributed by atoms with Crippen LogP contribution in [0.2, 0.25) is 0 Å². The second-order valence-electron chi connectivity index (χ2n) is 4.54. The second-order valence-corrected chi connectivity index (χ2v) is 4.54. The number of amides is 1. The zero-order valence-corrected chi connectivity index (χ0v) is 11.8. The van der Waals surface area contributed by atoms with Crippen LogP contribution in [-0.2, 0) is 0 Å². The molecule has 1 rings (SSSR count). The summed E-state index contributed by atoms with van der Waals surface area (Å²) in [6.07, 6.45) is -3.52. The predicted octanol–water partition coefficient (Wildman–Crippen LogP) is 3.07. The van der Waals surface area contributed by atoms with E-state index in [2.05, 4.69) is 10.3 Å². The molecule has 0 saturated carbocycles. The Labute approximate surface area is 120 Å². The van der Waals surface area contributed by atoms with Crippen molar-refractivity contribution in [2.45, 2.75) is 25.9 Å². The monoisotopic (exact) mass is 307 g/mol. The second kappa shape index (κ2) is 7.24. The van der Waals surface area contributed by atoms with E-state index in [1.165, 1.54) is 13.2 Å². The maximum absolute atomic E-state index is 14.1. The number of anilines is 1. The van der Waals surface area contributed by atoms with Crippen LogP contribution in [0.5, 0.6) is 0 Å². The first kappa shape index (κ1) is 17.2. The number of carbonyl (C=O) groups is 1. The quantitative estimate of drug-likeness (QED) is 0.822. The van der Waals surface area contributed by atoms with Gasteiger partial charge in [-0.3, -0.25) is 4.79 Å². The molecule has 0 bridgehead atoms. The Balaban J connectivity index is 2.82. The molecule has 0 unspecified atom stereocenters. The van der Waals surface area contributed by atoms with Crippen LogP contribution in [0.1, 0.15) is 30.1 Å². The van der Waals surface area contributed by atoms with Crippen molar-refractivity contribution < 1.29 is 22.4 Å². The summed E-state index contributed by atoms with van der Waals surface area (Å²) in [5.41, 5.74) is -0.298. The number of pyridine rings is 1. The fraction of sp³-hybridized carbons (Fsp3) is 0.538. The van der Waals surface area contributed by atoms with Gasteiger partial charge in [0.25, 0.3) is 5.91 Å². The molecule has 1 N–H and O–H groups in total. The molecule has 0 aromatic carbocycles. The molecule has 1 amide bonds. The van der Waals surface area contributed by atoms with Crippen molar-refractivity contribution in [3.05, 3.63) is 23.6 Å². The lowest BCUT2D eigenvalue weighted by molar-refractivity contribution is -0.136. The lowest BCUT2D eigenvalue weighted by atomic mass is 10.2. The maximum Gasteiger partial charge on any atom is 0.390 e. The Bertz CT molecular complexity index is 491. The summed E-state index contributed by atoms with van der Waals surface area (Å²) in [6.45, 7) is 1.83. The van der Waals surface area contributed by atoms with Crippen LogP contribution in [0.25, 0.3) is 0 Å². The van der Waals surface area contributed by atoms with Crippen LogP contribution >= 0.6 is 0 Å². The molecule has 0 aliphatic heterocycles. The van der Waals surface area contributed by atoms with Crippen molar-refractivity contribution in [3.63, 3.8) is 0 Å². The minimum atomic E-state index is -4.36. The fourth-order valence-electron chi connectivity index (χ4n) is 1.58. The number of nitrogens with one attached hydrogen (secondary N) is 1. The Morgan fingerprint density at radius 1 is 1.43 bits per heavy atom. The van der Waals surface area contributed by atoms with Crippen molar-refractivity contribution >= 4 is 11.7 Å². The van der Waals surface area contributed by atoms with Gasteiger partial charge in [-0.05, 0) is 12.5 Å². The first-order chi connectivity index (χ1) is 9.76. The molecule has 118 valence electrons. The first-order valence-electron chi connectivity index (χ1n) is 6.47. The van der Waals surface area contributed by atoms with Gasteiger partial charge in [0, 0.05) is 26.3 Å². The molecule has 0 atom stereocenters. The van der Waals surface area contributed by atoms with Gasteiger partial charge in [-0.15, -0.1) is 0 Å². The average molecular weight is 307 g/mol. The molecule has 0 radical (unpaired) electrons. The van der Waals surface area contributed by atoms with Gasteiger partial charge in [-0.1, -0.05) is 6.92 Å². The number of carbonyl (C=O) groups excluding carboxylic acids is 1. The molecular weight excluding hydrogens is 290 g/mol. The van der Waals surface area contributed by atoms with Crippen LogP contribution in [0.4, 0.5) is 23.4 Å². The Morgan fingerprint density at radius 2 is 2.10 bits per heavy atom. The molecule has 8 heteroatoms. The highest BCUT2D eigenvalue weighted by atomic mass is 19.4. The van der Waals surface area contributed by atoms with Gasteiger partial charge < -0.3 is 10.2 Å². The highest BCUT2D eigenvalue weighted by molar-refractivity contribution is 5.95. The van der Waals surface area contributed by atoms with Crippen molar-refractivity contribution in [3.8, 4) is 0 Å². The maximum atomic E-state index is 14.1. The van der Waals surface area contributed by atoms with Crippen LogP contribution < -0.4 is 5.32 Å². The zero-order valence-electron chi connectivity index (χ0n) is 11.8. The SMILES string of the molecule is CCCNc1nccc(C(=O)N(C)CCC(F)(F)F)c1F. The van der Waals surface area contributed by atoms with Crippen LogP contribution in [0.15, 0.2) is 12.3 Å². The topological polar surface area (TPSA) is 45.2 Å². The standard InChI is InChI=1S/C13H17F4N3O/c1-3-6-18-11-10(14)9(4-7-19-11)12(21)20(2)8-5-13(15,16)17/h4,7H,3,5-6,8H2,1-2H3,(H,18,19). The van der Waals surface area contributed by atoms with Gasteiger partial charge in [0.1, 0.15) is 0 Å². The minimum Gasteiger partial charge on any atom is -0.368 e. The van der Waals surface area contributed by atoms with Gasteiger partial charge in [-0.25, -0.2) is 9.37 Å². The predicted molar refractivity (Wildman–Crippen MR) is 70.6 cm³/mol. The molecule has 0 spiro atoms. The summed E-state index contributed by atoms with van der Waals surface area (Å²) in [7, 11) is 1.20. The molecule has 0 saturated heterocycles. The van der Waals surface area contributed by atoms with Crippen molar-refractivity contribution in [2.75, 3.05) is 25.5 Å².